The molecule has 2 N–H and O–H groups in total. The fourth-order valence-corrected chi connectivity index (χ4v) is 1.70. The molecule has 0 aromatic heterocycles. The number of hydrogen-bond donors (Lipinski definition) is 1. The lowest BCUT2D eigenvalue weighted by molar-refractivity contribution is -0.131. The maximum absolute atomic E-state index is 11.5. The van der Waals surface area contributed by atoms with Crippen LogP contribution in [0.1, 0.15) is 32.6 Å². The minimum absolute atomic E-state index is 0.283. The summed E-state index contributed by atoms with van der Waals surface area (Å²) >= 11 is 0. The first-order valence-corrected chi connectivity index (χ1v) is 4.75. The Morgan fingerprint density at radius 1 is 1.67 bits per heavy atom. The van der Waals surface area contributed by atoms with Crippen molar-refractivity contribution in [2.45, 2.75) is 38.6 Å². The van der Waals surface area contributed by atoms with Gasteiger partial charge in [0.05, 0.1) is 0 Å². The quantitative estimate of drug-likeness (QED) is 0.679. The van der Waals surface area contributed by atoms with Gasteiger partial charge in [0.15, 0.2) is 0 Å². The fourth-order valence-electron chi connectivity index (χ4n) is 1.70. The van der Waals surface area contributed by atoms with Crippen molar-refractivity contribution < 1.29 is 4.79 Å². The zero-order valence-electron chi connectivity index (χ0n) is 7.75. The van der Waals surface area contributed by atoms with Crippen LogP contribution in [0.5, 0.6) is 0 Å². The van der Waals surface area contributed by atoms with Crippen LogP contribution in [-0.2, 0) is 4.79 Å². The molecule has 0 aliphatic carbocycles. The molecule has 70 valence electrons. The van der Waals surface area contributed by atoms with Crippen molar-refractivity contribution in [2.24, 2.45) is 5.73 Å². The van der Waals surface area contributed by atoms with Gasteiger partial charge in [-0.15, -0.1) is 0 Å². The van der Waals surface area contributed by atoms with E-state index in [4.69, 9.17) is 5.73 Å². The molecule has 3 nitrogen and oxygen atoms in total. The highest BCUT2D eigenvalue weighted by atomic mass is 16.2. The number of hydrogen-bond acceptors (Lipinski definition) is 2. The van der Waals surface area contributed by atoms with E-state index in [0.717, 1.165) is 25.8 Å². The van der Waals surface area contributed by atoms with Crippen LogP contribution in [0, 0.1) is 0 Å². The molecule has 1 rings (SSSR count). The van der Waals surface area contributed by atoms with Gasteiger partial charge in [-0.05, 0) is 32.7 Å². The Bertz CT molecular complexity index is 159. The number of rotatable bonds is 3. The van der Waals surface area contributed by atoms with E-state index in [-0.39, 0.29) is 5.91 Å². The molecule has 1 atom stereocenters. The Morgan fingerprint density at radius 3 is 2.92 bits per heavy atom. The molecule has 1 aliphatic heterocycles. The molecule has 1 amide bonds. The summed E-state index contributed by atoms with van der Waals surface area (Å²) < 4.78 is 0. The summed E-state index contributed by atoms with van der Waals surface area (Å²) in [6.45, 7) is 3.69. The van der Waals surface area contributed by atoms with Gasteiger partial charge in [0.25, 0.3) is 0 Å². The van der Waals surface area contributed by atoms with Crippen molar-refractivity contribution in [3.8, 4) is 0 Å². The van der Waals surface area contributed by atoms with Crippen molar-refractivity contribution in [1.29, 1.82) is 0 Å². The van der Waals surface area contributed by atoms with Crippen LogP contribution in [0.3, 0.4) is 0 Å². The van der Waals surface area contributed by atoms with E-state index in [1.807, 2.05) is 4.90 Å². The van der Waals surface area contributed by atoms with Crippen LogP contribution in [0.25, 0.3) is 0 Å². The third kappa shape index (κ3) is 2.21. The van der Waals surface area contributed by atoms with E-state index < -0.39 is 0 Å². The van der Waals surface area contributed by atoms with Gasteiger partial charge in [0.1, 0.15) is 0 Å². The molecule has 0 spiro atoms. The molecule has 1 heterocycles. The number of nitrogens with zero attached hydrogens (tertiary/aromatic N) is 1. The van der Waals surface area contributed by atoms with E-state index in [2.05, 4.69) is 6.92 Å². The summed E-state index contributed by atoms with van der Waals surface area (Å²) in [5, 5.41) is 0. The summed E-state index contributed by atoms with van der Waals surface area (Å²) in [6, 6.07) is 0.454. The molecule has 1 aliphatic rings. The van der Waals surface area contributed by atoms with Gasteiger partial charge in [-0.3, -0.25) is 4.79 Å². The Hall–Kier alpha value is -0.570. The molecule has 1 fully saturated rings. The van der Waals surface area contributed by atoms with Crippen molar-refractivity contribution in [3.05, 3.63) is 0 Å². The highest BCUT2D eigenvalue weighted by Crippen LogP contribution is 2.17. The summed E-state index contributed by atoms with van der Waals surface area (Å²) in [6.07, 6.45) is 3.77. The molecular weight excluding hydrogens is 152 g/mol. The Labute approximate surface area is 73.9 Å². The van der Waals surface area contributed by atoms with E-state index >= 15 is 0 Å². The third-order valence-corrected chi connectivity index (χ3v) is 2.47. The van der Waals surface area contributed by atoms with Gasteiger partial charge in [0.2, 0.25) is 5.91 Å². The number of carbonyl (C=O) groups is 1. The first-order chi connectivity index (χ1) is 5.75. The monoisotopic (exact) mass is 170 g/mol. The molecular formula is C9H18N2O. The van der Waals surface area contributed by atoms with Crippen LogP contribution in [0.15, 0.2) is 0 Å². The summed E-state index contributed by atoms with van der Waals surface area (Å²) in [5.74, 6) is 0.283. The SMILES string of the molecule is CC1CCCN1C(=O)CCCN. The average Bonchev–Trinajstić information content (AvgIpc) is 2.47. The Balaban J connectivity index is 2.30. The average molecular weight is 170 g/mol. The molecule has 0 saturated carbocycles. The van der Waals surface area contributed by atoms with E-state index in [9.17, 15) is 4.79 Å². The molecule has 1 saturated heterocycles. The third-order valence-electron chi connectivity index (χ3n) is 2.47. The van der Waals surface area contributed by atoms with Crippen molar-refractivity contribution in [3.63, 3.8) is 0 Å². The highest BCUT2D eigenvalue weighted by molar-refractivity contribution is 5.76. The number of nitrogens with two attached hydrogens (primary N) is 1. The van der Waals surface area contributed by atoms with Gasteiger partial charge in [0, 0.05) is 19.0 Å². The Kier molecular flexibility index (Phi) is 3.53. The summed E-state index contributed by atoms with van der Waals surface area (Å²) in [7, 11) is 0. The fraction of sp³-hybridized carbons (Fsp3) is 0.889. The predicted molar refractivity (Wildman–Crippen MR) is 48.7 cm³/mol. The lowest BCUT2D eigenvalue weighted by Crippen LogP contribution is -2.33. The van der Waals surface area contributed by atoms with E-state index in [1.54, 1.807) is 0 Å². The van der Waals surface area contributed by atoms with Crippen LogP contribution >= 0.6 is 0 Å². The van der Waals surface area contributed by atoms with E-state index in [1.165, 1.54) is 0 Å². The minimum atomic E-state index is 0.283. The second-order valence-electron chi connectivity index (χ2n) is 3.47. The van der Waals surface area contributed by atoms with Crippen molar-refractivity contribution in [2.75, 3.05) is 13.1 Å². The smallest absolute Gasteiger partial charge is 0.222 e. The van der Waals surface area contributed by atoms with Crippen LogP contribution in [-0.4, -0.2) is 29.9 Å². The number of likely N-dealkylation sites (tertiary alicyclic amines) is 1. The standard InChI is InChI=1S/C9H18N2O/c1-8-4-3-7-11(8)9(12)5-2-6-10/h8H,2-7,10H2,1H3. The molecule has 0 aromatic rings. The highest BCUT2D eigenvalue weighted by Gasteiger charge is 2.23. The van der Waals surface area contributed by atoms with Crippen LogP contribution < -0.4 is 5.73 Å². The second kappa shape index (κ2) is 4.45. The first-order valence-electron chi connectivity index (χ1n) is 4.75. The largest absolute Gasteiger partial charge is 0.340 e. The van der Waals surface area contributed by atoms with Gasteiger partial charge in [-0.25, -0.2) is 0 Å². The topological polar surface area (TPSA) is 46.3 Å². The Morgan fingerprint density at radius 2 is 2.42 bits per heavy atom. The molecule has 1 unspecified atom stereocenters. The van der Waals surface area contributed by atoms with Gasteiger partial charge in [-0.1, -0.05) is 0 Å². The molecule has 12 heavy (non-hydrogen) atoms. The first kappa shape index (κ1) is 9.52. The minimum Gasteiger partial charge on any atom is -0.340 e. The van der Waals surface area contributed by atoms with Gasteiger partial charge >= 0.3 is 0 Å². The lowest BCUT2D eigenvalue weighted by Gasteiger charge is -2.21. The summed E-state index contributed by atoms with van der Waals surface area (Å²) in [5.41, 5.74) is 5.34. The normalized spacial score (nSPS) is 23.2. The number of amides is 1. The molecule has 3 heteroatoms. The van der Waals surface area contributed by atoms with Gasteiger partial charge in [-0.2, -0.15) is 0 Å². The van der Waals surface area contributed by atoms with Crippen molar-refractivity contribution >= 4 is 5.91 Å². The maximum atomic E-state index is 11.5. The van der Waals surface area contributed by atoms with Crippen LogP contribution in [0.4, 0.5) is 0 Å². The van der Waals surface area contributed by atoms with Gasteiger partial charge < -0.3 is 10.6 Å². The van der Waals surface area contributed by atoms with E-state index in [0.29, 0.717) is 19.0 Å². The molecule has 0 aromatic carbocycles. The second-order valence-corrected chi connectivity index (χ2v) is 3.47. The summed E-state index contributed by atoms with van der Waals surface area (Å²) in [4.78, 5) is 13.5. The van der Waals surface area contributed by atoms with Crippen molar-refractivity contribution in [1.82, 2.24) is 4.90 Å². The predicted octanol–water partition coefficient (Wildman–Crippen LogP) is 0.736. The lowest BCUT2D eigenvalue weighted by atomic mass is 10.2. The van der Waals surface area contributed by atoms with Crippen LogP contribution in [0.2, 0.25) is 0 Å². The number of carbonyl (C=O) groups excluding carboxylic acids is 1. The maximum Gasteiger partial charge on any atom is 0.222 e. The molecule has 0 radical (unpaired) electrons. The zero-order chi connectivity index (χ0) is 8.97. The molecule has 0 bridgehead atoms. The zero-order valence-corrected chi connectivity index (χ0v) is 7.75.